The van der Waals surface area contributed by atoms with Gasteiger partial charge in [-0.2, -0.15) is 5.26 Å². The van der Waals surface area contributed by atoms with Crippen LogP contribution in [0.1, 0.15) is 24.8 Å². The average molecular weight is 273 g/mol. The highest BCUT2D eigenvalue weighted by Crippen LogP contribution is 2.39. The predicted molar refractivity (Wildman–Crippen MR) is 72.6 cm³/mol. The summed E-state index contributed by atoms with van der Waals surface area (Å²) in [5.41, 5.74) is 0.617. The van der Waals surface area contributed by atoms with Gasteiger partial charge >= 0.3 is 0 Å². The van der Waals surface area contributed by atoms with Crippen molar-refractivity contribution in [2.24, 2.45) is 5.41 Å². The van der Waals surface area contributed by atoms with Crippen LogP contribution < -0.4 is 10.2 Å². The van der Waals surface area contributed by atoms with Gasteiger partial charge in [0, 0.05) is 19.6 Å². The predicted octanol–water partition coefficient (Wildman–Crippen LogP) is 1.80. The molecular weight excluding hydrogens is 257 g/mol. The minimum Gasteiger partial charge on any atom is -0.369 e. The first-order valence-electron chi connectivity index (χ1n) is 6.88. The Balaban J connectivity index is 1.75. The molecule has 2 aliphatic rings. The summed E-state index contributed by atoms with van der Waals surface area (Å²) >= 11 is 0. The van der Waals surface area contributed by atoms with E-state index in [0.717, 1.165) is 25.8 Å². The number of halogens is 1. The quantitative estimate of drug-likeness (QED) is 0.849. The summed E-state index contributed by atoms with van der Waals surface area (Å²) in [6, 6.07) is 6.48. The van der Waals surface area contributed by atoms with E-state index in [1.807, 2.05) is 11.0 Å². The van der Waals surface area contributed by atoms with Gasteiger partial charge in [-0.15, -0.1) is 0 Å². The number of benzene rings is 1. The molecule has 104 valence electrons. The van der Waals surface area contributed by atoms with Crippen molar-refractivity contribution < 1.29 is 9.18 Å². The molecule has 1 aromatic carbocycles. The van der Waals surface area contributed by atoms with Crippen molar-refractivity contribution in [1.29, 1.82) is 5.26 Å². The van der Waals surface area contributed by atoms with Gasteiger partial charge in [0.2, 0.25) is 5.91 Å². The second-order valence-electron chi connectivity index (χ2n) is 5.55. The van der Waals surface area contributed by atoms with Crippen LogP contribution >= 0.6 is 0 Å². The zero-order chi connectivity index (χ0) is 14.2. The maximum absolute atomic E-state index is 14.0. The molecule has 20 heavy (non-hydrogen) atoms. The number of anilines is 1. The van der Waals surface area contributed by atoms with Gasteiger partial charge in [-0.1, -0.05) is 0 Å². The van der Waals surface area contributed by atoms with Crippen LogP contribution in [0.4, 0.5) is 10.1 Å². The fraction of sp³-hybridized carbons (Fsp3) is 0.467. The molecule has 4 nitrogen and oxygen atoms in total. The van der Waals surface area contributed by atoms with Gasteiger partial charge in [0.25, 0.3) is 0 Å². The summed E-state index contributed by atoms with van der Waals surface area (Å²) in [4.78, 5) is 13.9. The van der Waals surface area contributed by atoms with E-state index in [9.17, 15) is 9.18 Å². The molecule has 1 N–H and O–H groups in total. The van der Waals surface area contributed by atoms with Gasteiger partial charge in [-0.05, 0) is 37.5 Å². The van der Waals surface area contributed by atoms with Crippen LogP contribution in [-0.2, 0) is 4.79 Å². The van der Waals surface area contributed by atoms with E-state index in [-0.39, 0.29) is 17.1 Å². The highest BCUT2D eigenvalue weighted by atomic mass is 19.1. The van der Waals surface area contributed by atoms with Gasteiger partial charge in [0.05, 0.1) is 22.7 Å². The van der Waals surface area contributed by atoms with E-state index in [2.05, 4.69) is 5.32 Å². The van der Waals surface area contributed by atoms with Crippen LogP contribution in [0.5, 0.6) is 0 Å². The maximum atomic E-state index is 14.0. The number of nitriles is 1. The molecule has 1 aromatic rings. The third-order valence-corrected chi connectivity index (χ3v) is 4.51. The molecule has 0 aliphatic carbocycles. The van der Waals surface area contributed by atoms with Crippen molar-refractivity contribution in [1.82, 2.24) is 5.32 Å². The molecular formula is C15H16FN3O. The number of nitrogens with zero attached hydrogens (tertiary/aromatic N) is 2. The molecule has 2 heterocycles. The molecule has 5 heteroatoms. The van der Waals surface area contributed by atoms with E-state index in [0.29, 0.717) is 24.3 Å². The topological polar surface area (TPSA) is 56.1 Å². The van der Waals surface area contributed by atoms with Crippen molar-refractivity contribution in [3.05, 3.63) is 29.6 Å². The van der Waals surface area contributed by atoms with E-state index >= 15 is 0 Å². The molecule has 2 saturated heterocycles. The molecule has 1 amide bonds. The Hall–Kier alpha value is -2.09. The lowest BCUT2D eigenvalue weighted by Crippen LogP contribution is -2.44. The molecule has 0 aromatic heterocycles. The summed E-state index contributed by atoms with van der Waals surface area (Å²) in [5.74, 6) is -0.215. The lowest BCUT2D eigenvalue weighted by molar-refractivity contribution is -0.128. The molecule has 0 atom stereocenters. The number of nitrogens with one attached hydrogen (secondary N) is 1. The Morgan fingerprint density at radius 3 is 2.60 bits per heavy atom. The Morgan fingerprint density at radius 2 is 2.05 bits per heavy atom. The van der Waals surface area contributed by atoms with Crippen LogP contribution in [-0.4, -0.2) is 25.5 Å². The lowest BCUT2D eigenvalue weighted by atomic mass is 9.77. The number of carbonyl (C=O) groups is 1. The van der Waals surface area contributed by atoms with Crippen molar-refractivity contribution in [2.75, 3.05) is 24.5 Å². The number of rotatable bonds is 1. The highest BCUT2D eigenvalue weighted by Gasteiger charge is 2.44. The first-order valence-corrected chi connectivity index (χ1v) is 6.88. The van der Waals surface area contributed by atoms with Crippen LogP contribution in [0.2, 0.25) is 0 Å². The van der Waals surface area contributed by atoms with Gasteiger partial charge in [-0.25, -0.2) is 4.39 Å². The smallest absolute Gasteiger partial charge is 0.226 e. The minimum atomic E-state index is -0.365. The van der Waals surface area contributed by atoms with Crippen LogP contribution in [0.25, 0.3) is 0 Å². The zero-order valence-electron chi connectivity index (χ0n) is 11.2. The summed E-state index contributed by atoms with van der Waals surface area (Å²) in [5, 5.41) is 11.7. The number of carbonyl (C=O) groups excluding carboxylic acids is 1. The summed E-state index contributed by atoms with van der Waals surface area (Å²) < 4.78 is 14.0. The van der Waals surface area contributed by atoms with E-state index in [1.165, 1.54) is 6.07 Å². The Labute approximate surface area is 117 Å². The second kappa shape index (κ2) is 4.78. The maximum Gasteiger partial charge on any atom is 0.226 e. The molecule has 0 radical (unpaired) electrons. The number of hydrogen-bond donors (Lipinski definition) is 1. The van der Waals surface area contributed by atoms with Crippen molar-refractivity contribution >= 4 is 11.6 Å². The third kappa shape index (κ3) is 2.01. The standard InChI is InChI=1S/C15H16FN3O/c16-12-9-11(10-17)1-2-13(12)19-7-4-15(5-8-19)3-6-18-14(15)20/h1-2,9H,3-8H2,(H,18,20). The van der Waals surface area contributed by atoms with Crippen LogP contribution in [0, 0.1) is 22.6 Å². The highest BCUT2D eigenvalue weighted by molar-refractivity contribution is 5.85. The fourth-order valence-corrected chi connectivity index (χ4v) is 3.20. The minimum absolute atomic E-state index is 0.150. The monoisotopic (exact) mass is 273 g/mol. The molecule has 0 bridgehead atoms. The summed E-state index contributed by atoms with van der Waals surface area (Å²) in [6.07, 6.45) is 2.41. The second-order valence-corrected chi connectivity index (χ2v) is 5.55. The third-order valence-electron chi connectivity index (χ3n) is 4.51. The van der Waals surface area contributed by atoms with E-state index < -0.39 is 0 Å². The fourth-order valence-electron chi connectivity index (χ4n) is 3.20. The summed E-state index contributed by atoms with van der Waals surface area (Å²) in [6.45, 7) is 2.11. The number of hydrogen-bond acceptors (Lipinski definition) is 3. The van der Waals surface area contributed by atoms with Gasteiger partial charge in [-0.3, -0.25) is 4.79 Å². The van der Waals surface area contributed by atoms with Gasteiger partial charge in [0.15, 0.2) is 0 Å². The van der Waals surface area contributed by atoms with E-state index in [1.54, 1.807) is 12.1 Å². The average Bonchev–Trinajstić information content (AvgIpc) is 2.81. The normalized spacial score (nSPS) is 20.8. The summed E-state index contributed by atoms with van der Waals surface area (Å²) in [7, 11) is 0. The van der Waals surface area contributed by atoms with Crippen molar-refractivity contribution in [3.63, 3.8) is 0 Å². The largest absolute Gasteiger partial charge is 0.369 e. The zero-order valence-corrected chi connectivity index (χ0v) is 11.2. The molecule has 0 unspecified atom stereocenters. The molecule has 3 rings (SSSR count). The lowest BCUT2D eigenvalue weighted by Gasteiger charge is -2.38. The van der Waals surface area contributed by atoms with Crippen molar-refractivity contribution in [2.45, 2.75) is 19.3 Å². The van der Waals surface area contributed by atoms with Gasteiger partial charge < -0.3 is 10.2 Å². The number of piperidine rings is 1. The molecule has 2 aliphatic heterocycles. The Bertz CT molecular complexity index is 585. The Morgan fingerprint density at radius 1 is 1.30 bits per heavy atom. The van der Waals surface area contributed by atoms with Crippen molar-refractivity contribution in [3.8, 4) is 6.07 Å². The van der Waals surface area contributed by atoms with Crippen LogP contribution in [0.3, 0.4) is 0 Å². The first-order chi connectivity index (χ1) is 9.64. The number of amides is 1. The van der Waals surface area contributed by atoms with Gasteiger partial charge in [0.1, 0.15) is 5.82 Å². The first kappa shape index (κ1) is 12.9. The molecule has 0 saturated carbocycles. The van der Waals surface area contributed by atoms with E-state index in [4.69, 9.17) is 5.26 Å². The van der Waals surface area contributed by atoms with Crippen LogP contribution in [0.15, 0.2) is 18.2 Å². The Kier molecular flexibility index (Phi) is 3.09. The SMILES string of the molecule is N#Cc1ccc(N2CCC3(CCNC3=O)CC2)c(F)c1. The molecule has 2 fully saturated rings. The molecule has 1 spiro atoms.